The molecule has 0 aliphatic carbocycles. The number of hydrogen-bond acceptors (Lipinski definition) is 4. The van der Waals surface area contributed by atoms with Crippen LogP contribution < -0.4 is 0 Å². The van der Waals surface area contributed by atoms with E-state index in [1.54, 1.807) is 21.6 Å². The topological polar surface area (TPSA) is 34.1 Å². The second-order valence-electron chi connectivity index (χ2n) is 7.98. The lowest BCUT2D eigenvalue weighted by Crippen LogP contribution is -2.07. The monoisotopic (exact) mass is 482 g/mol. The van der Waals surface area contributed by atoms with Gasteiger partial charge >= 0.3 is 0 Å². The molecule has 4 heteroatoms. The van der Waals surface area contributed by atoms with Crippen molar-refractivity contribution in [1.29, 1.82) is 0 Å². The Morgan fingerprint density at radius 1 is 0.471 bits per heavy atom. The van der Waals surface area contributed by atoms with E-state index < -0.39 is 0 Å². The summed E-state index contributed by atoms with van der Waals surface area (Å²) in [6.45, 7) is 0. The summed E-state index contributed by atoms with van der Waals surface area (Å²) < 4.78 is 0. The molecule has 0 bridgehead atoms. The molecule has 0 saturated carbocycles. The van der Waals surface area contributed by atoms with Crippen LogP contribution >= 0.6 is 21.6 Å². The molecule has 2 atom stereocenters. The predicted molar refractivity (Wildman–Crippen MR) is 144 cm³/mol. The Kier molecular flexibility index (Phi) is 8.78. The number of hydrogen-bond donors (Lipinski definition) is 0. The van der Waals surface area contributed by atoms with Gasteiger partial charge in [0.1, 0.15) is 0 Å². The third-order valence-electron chi connectivity index (χ3n) is 5.56. The SMILES string of the molecule is O=C(C[C@H](SS[C@@H](CC(=O)c1ccccc1)c1ccccc1)c1ccccc1)c1ccccc1. The Hall–Kier alpha value is -3.08. The number of carbonyl (C=O) groups excluding carboxylic acids is 2. The van der Waals surface area contributed by atoms with Crippen molar-refractivity contribution in [2.45, 2.75) is 23.3 Å². The average molecular weight is 483 g/mol. The Balaban J connectivity index is 1.53. The smallest absolute Gasteiger partial charge is 0.164 e. The van der Waals surface area contributed by atoms with E-state index in [-0.39, 0.29) is 22.1 Å². The van der Waals surface area contributed by atoms with Gasteiger partial charge in [0.15, 0.2) is 11.6 Å². The summed E-state index contributed by atoms with van der Waals surface area (Å²) in [5, 5.41) is -0.0334. The maximum absolute atomic E-state index is 13.0. The van der Waals surface area contributed by atoms with Crippen LogP contribution in [0.4, 0.5) is 0 Å². The van der Waals surface area contributed by atoms with Gasteiger partial charge in [-0.2, -0.15) is 0 Å². The van der Waals surface area contributed by atoms with Crippen molar-refractivity contribution in [3.8, 4) is 0 Å². The van der Waals surface area contributed by atoms with Crippen LogP contribution in [0.5, 0.6) is 0 Å². The number of ketones is 2. The maximum Gasteiger partial charge on any atom is 0.164 e. The fourth-order valence-corrected chi connectivity index (χ4v) is 6.83. The van der Waals surface area contributed by atoms with Gasteiger partial charge in [-0.1, -0.05) is 143 Å². The summed E-state index contributed by atoms with van der Waals surface area (Å²) in [6, 6.07) is 39.2. The lowest BCUT2D eigenvalue weighted by Gasteiger charge is -2.21. The van der Waals surface area contributed by atoms with Crippen LogP contribution in [0.2, 0.25) is 0 Å². The summed E-state index contributed by atoms with van der Waals surface area (Å²) in [6.07, 6.45) is 0.805. The zero-order valence-electron chi connectivity index (χ0n) is 18.7. The van der Waals surface area contributed by atoms with Crippen LogP contribution in [0.3, 0.4) is 0 Å². The molecule has 0 fully saturated rings. The minimum atomic E-state index is -0.0167. The molecule has 0 amide bonds. The summed E-state index contributed by atoms with van der Waals surface area (Å²) >= 11 is 0. The fourth-order valence-electron chi connectivity index (χ4n) is 3.70. The van der Waals surface area contributed by atoms with Crippen molar-refractivity contribution in [3.05, 3.63) is 144 Å². The van der Waals surface area contributed by atoms with Crippen molar-refractivity contribution < 1.29 is 9.59 Å². The molecule has 2 nitrogen and oxygen atoms in total. The van der Waals surface area contributed by atoms with E-state index >= 15 is 0 Å². The molecular formula is C30H26O2S2. The first-order chi connectivity index (χ1) is 16.7. The van der Waals surface area contributed by atoms with Gasteiger partial charge in [0.2, 0.25) is 0 Å². The second-order valence-corrected chi connectivity index (χ2v) is 10.7. The number of Topliss-reactive ketones (excluding diaryl/α,β-unsaturated/α-hetero) is 2. The molecule has 34 heavy (non-hydrogen) atoms. The van der Waals surface area contributed by atoms with Gasteiger partial charge in [-0.15, -0.1) is 0 Å². The minimum absolute atomic E-state index is 0.0167. The molecule has 0 spiro atoms. The molecular weight excluding hydrogens is 456 g/mol. The molecule has 4 aromatic rings. The lowest BCUT2D eigenvalue weighted by molar-refractivity contribution is 0.0973. The Labute approximate surface area is 209 Å². The molecule has 0 aromatic heterocycles. The van der Waals surface area contributed by atoms with E-state index in [1.807, 2.05) is 97.1 Å². The average Bonchev–Trinajstić information content (AvgIpc) is 2.92. The van der Waals surface area contributed by atoms with Crippen LogP contribution in [-0.2, 0) is 0 Å². The van der Waals surface area contributed by atoms with Crippen LogP contribution in [0.1, 0.15) is 55.2 Å². The van der Waals surface area contributed by atoms with Crippen molar-refractivity contribution in [2.75, 3.05) is 0 Å². The van der Waals surface area contributed by atoms with Gasteiger partial charge < -0.3 is 0 Å². The van der Waals surface area contributed by atoms with Crippen molar-refractivity contribution >= 4 is 33.2 Å². The van der Waals surface area contributed by atoms with E-state index in [2.05, 4.69) is 24.3 Å². The first-order valence-electron chi connectivity index (χ1n) is 11.3. The highest BCUT2D eigenvalue weighted by Crippen LogP contribution is 2.49. The molecule has 0 saturated heterocycles. The van der Waals surface area contributed by atoms with Crippen LogP contribution in [-0.4, -0.2) is 11.6 Å². The Morgan fingerprint density at radius 3 is 1.09 bits per heavy atom. The van der Waals surface area contributed by atoms with Crippen molar-refractivity contribution in [1.82, 2.24) is 0 Å². The molecule has 0 radical (unpaired) electrons. The minimum Gasteiger partial charge on any atom is -0.294 e. The molecule has 170 valence electrons. The number of carbonyl (C=O) groups is 2. The van der Waals surface area contributed by atoms with Crippen LogP contribution in [0, 0.1) is 0 Å². The zero-order chi connectivity index (χ0) is 23.6. The first kappa shape index (κ1) is 24.1. The van der Waals surface area contributed by atoms with Crippen LogP contribution in [0.15, 0.2) is 121 Å². The fraction of sp³-hybridized carbons (Fsp3) is 0.133. The number of benzene rings is 4. The summed E-state index contributed by atoms with van der Waals surface area (Å²) in [5.41, 5.74) is 3.69. The Morgan fingerprint density at radius 2 is 0.765 bits per heavy atom. The Bertz CT molecular complexity index is 1080. The largest absolute Gasteiger partial charge is 0.294 e. The second kappa shape index (κ2) is 12.4. The van der Waals surface area contributed by atoms with Crippen molar-refractivity contribution in [3.63, 3.8) is 0 Å². The molecule has 4 rings (SSSR count). The molecule has 4 aromatic carbocycles. The molecule has 0 aliphatic rings. The van der Waals surface area contributed by atoms with E-state index in [9.17, 15) is 9.59 Å². The first-order valence-corrected chi connectivity index (χ1v) is 13.6. The summed E-state index contributed by atoms with van der Waals surface area (Å²) in [5.74, 6) is 0.248. The number of rotatable bonds is 11. The summed E-state index contributed by atoms with van der Waals surface area (Å²) in [7, 11) is 3.36. The highest BCUT2D eigenvalue weighted by molar-refractivity contribution is 8.76. The van der Waals surface area contributed by atoms with Gasteiger partial charge in [0, 0.05) is 34.5 Å². The van der Waals surface area contributed by atoms with Gasteiger partial charge in [0.25, 0.3) is 0 Å². The zero-order valence-corrected chi connectivity index (χ0v) is 20.4. The lowest BCUT2D eigenvalue weighted by atomic mass is 10.0. The van der Waals surface area contributed by atoms with Crippen LogP contribution in [0.25, 0.3) is 0 Å². The van der Waals surface area contributed by atoms with E-state index in [0.29, 0.717) is 12.8 Å². The van der Waals surface area contributed by atoms with Crippen molar-refractivity contribution in [2.24, 2.45) is 0 Å². The van der Waals surface area contributed by atoms with Gasteiger partial charge in [-0.3, -0.25) is 9.59 Å². The van der Waals surface area contributed by atoms with E-state index in [4.69, 9.17) is 0 Å². The predicted octanol–water partition coefficient (Wildman–Crippen LogP) is 8.40. The van der Waals surface area contributed by atoms with Gasteiger partial charge in [-0.05, 0) is 11.1 Å². The van der Waals surface area contributed by atoms with E-state index in [1.165, 1.54) is 0 Å². The highest BCUT2D eigenvalue weighted by atomic mass is 33.1. The standard InChI is InChI=1S/C30H26O2S2/c31-27(23-13-5-1-6-14-23)21-29(25-17-9-3-10-18-25)33-34-30(26-19-11-4-12-20-26)22-28(32)24-15-7-2-8-16-24/h1-20,29-30H,21-22H2/t29-,30-/m0/s1. The normalized spacial score (nSPS) is 12.6. The third-order valence-corrected chi connectivity index (χ3v) is 8.74. The quantitative estimate of drug-likeness (QED) is 0.159. The molecule has 0 aliphatic heterocycles. The highest BCUT2D eigenvalue weighted by Gasteiger charge is 2.23. The molecule has 0 unspecified atom stereocenters. The summed E-state index contributed by atoms with van der Waals surface area (Å²) in [4.78, 5) is 26.1. The van der Waals surface area contributed by atoms with Gasteiger partial charge in [0.05, 0.1) is 0 Å². The molecule has 0 heterocycles. The third kappa shape index (κ3) is 6.72. The van der Waals surface area contributed by atoms with E-state index in [0.717, 1.165) is 22.3 Å². The maximum atomic E-state index is 13.0. The van der Waals surface area contributed by atoms with Gasteiger partial charge in [-0.25, -0.2) is 0 Å². The molecule has 0 N–H and O–H groups in total.